The lowest BCUT2D eigenvalue weighted by Crippen LogP contribution is -3.07. The zero-order valence-electron chi connectivity index (χ0n) is 13.0. The number of fused-ring (bicyclic) bond motifs is 1. The summed E-state index contributed by atoms with van der Waals surface area (Å²) in [5.74, 6) is 0.0961. The smallest absolute Gasteiger partial charge is 0.361 e. The highest BCUT2D eigenvalue weighted by Gasteiger charge is 2.35. The Labute approximate surface area is 169 Å². The number of rotatable bonds is 3. The highest BCUT2D eigenvalue weighted by Crippen LogP contribution is 2.34. The van der Waals surface area contributed by atoms with Crippen molar-refractivity contribution >= 4 is 59.0 Å². The van der Waals surface area contributed by atoms with E-state index in [9.17, 15) is 4.39 Å². The molecule has 0 saturated carbocycles. The molecule has 132 valence electrons. The third-order valence-electron chi connectivity index (χ3n) is 3.62. The molecule has 26 heavy (non-hydrogen) atoms. The van der Waals surface area contributed by atoms with E-state index in [2.05, 4.69) is 15.1 Å². The van der Waals surface area contributed by atoms with Crippen LogP contribution in [0.1, 0.15) is 5.56 Å². The summed E-state index contributed by atoms with van der Waals surface area (Å²) in [6.45, 7) is 0. The second-order valence-corrected chi connectivity index (χ2v) is 7.13. The first-order valence-corrected chi connectivity index (χ1v) is 8.85. The zero-order chi connectivity index (χ0) is 17.4. The molecule has 2 aliphatic heterocycles. The zero-order valence-corrected chi connectivity index (χ0v) is 16.0. The predicted molar refractivity (Wildman–Crippen MR) is 101 cm³/mol. The number of guanidine groups is 1. The molecule has 2 aliphatic rings. The Hall–Kier alpha value is -1.70. The second kappa shape index (κ2) is 7.90. The maximum Gasteiger partial charge on any atom is 0.361 e. The van der Waals surface area contributed by atoms with Crippen molar-refractivity contribution in [3.8, 4) is 0 Å². The van der Waals surface area contributed by atoms with E-state index in [0.29, 0.717) is 32.2 Å². The average Bonchev–Trinajstić information content (AvgIpc) is 3.07. The van der Waals surface area contributed by atoms with Gasteiger partial charge in [0.15, 0.2) is 6.34 Å². The summed E-state index contributed by atoms with van der Waals surface area (Å²) >= 11 is 13.6. The lowest BCUT2D eigenvalue weighted by molar-refractivity contribution is -0.757. The number of nitrogens with one attached hydrogen (secondary N) is 1. The monoisotopic (exact) mass is 426 g/mol. The van der Waals surface area contributed by atoms with Crippen LogP contribution in [-0.4, -0.2) is 18.5 Å². The molecule has 0 spiro atoms. The van der Waals surface area contributed by atoms with Crippen LogP contribution in [0.25, 0.3) is 5.57 Å². The molecule has 4 nitrogen and oxygen atoms in total. The van der Waals surface area contributed by atoms with Gasteiger partial charge in [-0.05, 0) is 48.2 Å². The second-order valence-electron chi connectivity index (χ2n) is 5.20. The van der Waals surface area contributed by atoms with E-state index in [1.807, 2.05) is 12.1 Å². The van der Waals surface area contributed by atoms with Gasteiger partial charge in [-0.3, -0.25) is 0 Å². The normalized spacial score (nSPS) is 17.8. The average molecular weight is 428 g/mol. The molecule has 0 aliphatic carbocycles. The number of halogens is 4. The molecule has 0 aromatic heterocycles. The molecule has 0 amide bonds. The fourth-order valence-electron chi connectivity index (χ4n) is 2.48. The first-order valence-electron chi connectivity index (χ1n) is 7.27. The lowest BCUT2D eigenvalue weighted by Gasteiger charge is -2.18. The van der Waals surface area contributed by atoms with Crippen molar-refractivity contribution in [2.75, 3.05) is 0 Å². The van der Waals surface area contributed by atoms with Gasteiger partial charge in [-0.1, -0.05) is 34.4 Å². The van der Waals surface area contributed by atoms with E-state index in [1.54, 1.807) is 30.5 Å². The summed E-state index contributed by atoms with van der Waals surface area (Å²) in [6, 6.07) is 12.0. The van der Waals surface area contributed by atoms with Crippen LogP contribution in [0.4, 0.5) is 4.39 Å². The molecule has 2 aromatic carbocycles. The van der Waals surface area contributed by atoms with Gasteiger partial charge in [0.1, 0.15) is 5.82 Å². The summed E-state index contributed by atoms with van der Waals surface area (Å²) in [4.78, 5) is 9.35. The van der Waals surface area contributed by atoms with Crippen molar-refractivity contribution in [2.24, 2.45) is 15.1 Å². The van der Waals surface area contributed by atoms with Gasteiger partial charge >= 0.3 is 5.96 Å². The van der Waals surface area contributed by atoms with E-state index >= 15 is 0 Å². The predicted octanol–water partition coefficient (Wildman–Crippen LogP) is 0.880. The van der Waals surface area contributed by atoms with Crippen LogP contribution in [-0.2, 0) is 0 Å². The van der Waals surface area contributed by atoms with Crippen LogP contribution >= 0.6 is 35.0 Å². The number of hydrogen-bond donors (Lipinski definition) is 1. The Morgan fingerprint density at radius 3 is 2.54 bits per heavy atom. The van der Waals surface area contributed by atoms with Gasteiger partial charge in [0.25, 0.3) is 0 Å². The summed E-state index contributed by atoms with van der Waals surface area (Å²) in [5, 5.41) is 6.61. The van der Waals surface area contributed by atoms with Gasteiger partial charge in [-0.2, -0.15) is 9.98 Å². The molecule has 1 atom stereocenters. The van der Waals surface area contributed by atoms with E-state index in [0.717, 1.165) is 9.92 Å². The van der Waals surface area contributed by atoms with Gasteiger partial charge in [-0.25, -0.2) is 4.39 Å². The van der Waals surface area contributed by atoms with Gasteiger partial charge in [-0.15, -0.1) is 5.01 Å². The highest BCUT2D eigenvalue weighted by molar-refractivity contribution is 8.03. The van der Waals surface area contributed by atoms with Crippen molar-refractivity contribution < 1.29 is 21.8 Å². The Balaban J connectivity index is 0.00000196. The van der Waals surface area contributed by atoms with Gasteiger partial charge in [0.2, 0.25) is 5.03 Å². The number of hydrogen-bond acceptors (Lipinski definition) is 4. The molecule has 0 fully saturated rings. The van der Waals surface area contributed by atoms with Crippen molar-refractivity contribution in [1.29, 1.82) is 0 Å². The SMILES string of the molecule is Fc1cccc(Cl)c1C1=C(Sc2ccc(Cl)cc2)[NH+]2N=CN=C2N=C1.[Cl-]. The van der Waals surface area contributed by atoms with Gasteiger partial charge in [0.05, 0.1) is 10.6 Å². The molecular formula is C17H10Cl3FN4S. The molecule has 1 N–H and O–H groups in total. The molecular weight excluding hydrogens is 418 g/mol. The van der Waals surface area contributed by atoms with E-state index in [4.69, 9.17) is 23.2 Å². The molecule has 9 heteroatoms. The third kappa shape index (κ3) is 3.56. The quantitative estimate of drug-likeness (QED) is 0.776. The first kappa shape index (κ1) is 19.1. The largest absolute Gasteiger partial charge is 1.00 e. The van der Waals surface area contributed by atoms with Crippen molar-refractivity contribution in [1.82, 2.24) is 0 Å². The first-order chi connectivity index (χ1) is 12.1. The standard InChI is InChI=1S/C17H9Cl2FN4S.ClH/c18-10-4-6-11(7-5-10)25-16-12(8-21-17-22-9-23-24(16)17)15-13(19)2-1-3-14(15)20;/h1-9H;1H. The molecule has 2 heterocycles. The summed E-state index contributed by atoms with van der Waals surface area (Å²) in [7, 11) is 0. The van der Waals surface area contributed by atoms with Crippen molar-refractivity contribution in [2.45, 2.75) is 4.90 Å². The fraction of sp³-hybridized carbons (Fsp3) is 0. The maximum absolute atomic E-state index is 14.5. The molecule has 0 radical (unpaired) electrons. The number of benzene rings is 2. The lowest BCUT2D eigenvalue weighted by atomic mass is 10.1. The number of thioether (sulfide) groups is 1. The van der Waals surface area contributed by atoms with E-state index in [-0.39, 0.29) is 12.4 Å². The minimum absolute atomic E-state index is 0. The number of allylic oxidation sites excluding steroid dienone is 1. The third-order valence-corrected chi connectivity index (χ3v) is 5.31. The summed E-state index contributed by atoms with van der Waals surface area (Å²) in [6.07, 6.45) is 3.02. The maximum atomic E-state index is 14.5. The van der Waals surface area contributed by atoms with Crippen molar-refractivity contribution in [3.05, 3.63) is 68.9 Å². The van der Waals surface area contributed by atoms with Crippen LogP contribution in [0.15, 0.2) is 67.5 Å². The Kier molecular flexibility index (Phi) is 5.79. The highest BCUT2D eigenvalue weighted by atomic mass is 35.5. The number of aliphatic imine (C=N–C) groups is 2. The summed E-state index contributed by atoms with van der Waals surface area (Å²) < 4.78 is 14.5. The van der Waals surface area contributed by atoms with Gasteiger partial charge < -0.3 is 12.4 Å². The van der Waals surface area contributed by atoms with Gasteiger partial charge in [0, 0.05) is 21.7 Å². The topological polar surface area (TPSA) is 41.5 Å². The molecule has 2 aromatic rings. The van der Waals surface area contributed by atoms with E-state index < -0.39 is 5.82 Å². The van der Waals surface area contributed by atoms with Crippen LogP contribution in [0, 0.1) is 5.82 Å². The molecule has 0 bridgehead atoms. The molecule has 4 rings (SSSR count). The van der Waals surface area contributed by atoms with Crippen LogP contribution < -0.4 is 17.4 Å². The fourth-order valence-corrected chi connectivity index (χ4v) is 3.89. The summed E-state index contributed by atoms with van der Waals surface area (Å²) in [5.41, 5.74) is 0.883. The van der Waals surface area contributed by atoms with E-state index in [1.165, 1.54) is 24.2 Å². The van der Waals surface area contributed by atoms with Crippen molar-refractivity contribution in [3.63, 3.8) is 0 Å². The molecule has 0 saturated heterocycles. The minimum atomic E-state index is -0.411. The minimum Gasteiger partial charge on any atom is -1.00 e. The molecule has 1 unspecified atom stereocenters. The Morgan fingerprint density at radius 2 is 1.81 bits per heavy atom. The number of quaternary nitrogens is 1. The Morgan fingerprint density at radius 1 is 1.04 bits per heavy atom. The van der Waals surface area contributed by atoms with Crippen LogP contribution in [0.3, 0.4) is 0 Å². The Bertz CT molecular complexity index is 950. The number of nitrogens with zero attached hydrogens (tertiary/aromatic N) is 3. The van der Waals surface area contributed by atoms with Crippen LogP contribution in [0.5, 0.6) is 0 Å². The van der Waals surface area contributed by atoms with Crippen LogP contribution in [0.2, 0.25) is 10.0 Å².